The van der Waals surface area contributed by atoms with Crippen LogP contribution in [0.15, 0.2) is 24.3 Å². The smallest absolute Gasteiger partial charge is 0.248 e. The molecule has 0 saturated carbocycles. The van der Waals surface area contributed by atoms with Gasteiger partial charge in [-0.15, -0.1) is 0 Å². The molecular weight excluding hydrogens is 238 g/mol. The highest BCUT2D eigenvalue weighted by molar-refractivity contribution is 5.92. The normalized spacial score (nSPS) is 20.2. The lowest BCUT2D eigenvalue weighted by Gasteiger charge is -2.26. The van der Waals surface area contributed by atoms with Gasteiger partial charge in [0.15, 0.2) is 0 Å². The largest absolute Gasteiger partial charge is 0.366 e. The number of nitrogens with two attached hydrogens (primary N) is 1. The highest BCUT2D eigenvalue weighted by Crippen LogP contribution is 2.15. The fourth-order valence-electron chi connectivity index (χ4n) is 2.63. The lowest BCUT2D eigenvalue weighted by Crippen LogP contribution is -2.32. The quantitative estimate of drug-likeness (QED) is 0.860. The van der Waals surface area contributed by atoms with E-state index in [0.717, 1.165) is 19.6 Å². The first kappa shape index (κ1) is 14.0. The third-order valence-electron chi connectivity index (χ3n) is 3.84. The molecule has 1 atom stereocenters. The van der Waals surface area contributed by atoms with Gasteiger partial charge in [-0.05, 0) is 57.1 Å². The predicted molar refractivity (Wildman–Crippen MR) is 76.9 cm³/mol. The fraction of sp³-hybridized carbons (Fsp3) is 0.533. The van der Waals surface area contributed by atoms with Gasteiger partial charge in [0.2, 0.25) is 5.91 Å². The van der Waals surface area contributed by atoms with Crippen LogP contribution in [0.25, 0.3) is 0 Å². The highest BCUT2D eigenvalue weighted by Gasteiger charge is 2.16. The minimum atomic E-state index is -0.366. The third-order valence-corrected chi connectivity index (χ3v) is 3.84. The summed E-state index contributed by atoms with van der Waals surface area (Å²) in [7, 11) is 2.18. The van der Waals surface area contributed by atoms with Crippen LogP contribution in [0, 0.1) is 0 Å². The molecule has 1 aliphatic heterocycles. The molecular formula is C15H23N3O. The summed E-state index contributed by atoms with van der Waals surface area (Å²) in [5.41, 5.74) is 7.04. The molecule has 1 amide bonds. The zero-order chi connectivity index (χ0) is 13.7. The number of hydrogen-bond donors (Lipinski definition) is 2. The molecule has 1 fully saturated rings. The minimum absolute atomic E-state index is 0.366. The predicted octanol–water partition coefficient (Wildman–Crippen LogP) is 1.36. The number of benzene rings is 1. The van der Waals surface area contributed by atoms with E-state index in [1.807, 2.05) is 12.1 Å². The topological polar surface area (TPSA) is 58.4 Å². The monoisotopic (exact) mass is 261 g/mol. The molecule has 1 heterocycles. The van der Waals surface area contributed by atoms with Crippen LogP contribution in [-0.2, 0) is 6.54 Å². The molecule has 1 unspecified atom stereocenters. The summed E-state index contributed by atoms with van der Waals surface area (Å²) in [5.74, 6) is -0.366. The van der Waals surface area contributed by atoms with Crippen molar-refractivity contribution in [2.75, 3.05) is 20.1 Å². The summed E-state index contributed by atoms with van der Waals surface area (Å²) < 4.78 is 0. The van der Waals surface area contributed by atoms with E-state index in [2.05, 4.69) is 17.3 Å². The average molecular weight is 261 g/mol. The minimum Gasteiger partial charge on any atom is -0.366 e. The molecule has 19 heavy (non-hydrogen) atoms. The summed E-state index contributed by atoms with van der Waals surface area (Å²) in [4.78, 5) is 13.4. The maximum Gasteiger partial charge on any atom is 0.248 e. The second-order valence-electron chi connectivity index (χ2n) is 5.31. The number of primary amides is 1. The summed E-state index contributed by atoms with van der Waals surface area (Å²) >= 11 is 0. The van der Waals surface area contributed by atoms with E-state index in [-0.39, 0.29) is 5.91 Å². The Labute approximate surface area is 115 Å². The molecule has 1 aromatic carbocycles. The Morgan fingerprint density at radius 1 is 1.32 bits per heavy atom. The number of nitrogens with one attached hydrogen (secondary N) is 1. The van der Waals surface area contributed by atoms with E-state index in [1.54, 1.807) is 12.1 Å². The van der Waals surface area contributed by atoms with Crippen LogP contribution in [0.1, 0.15) is 35.2 Å². The van der Waals surface area contributed by atoms with Gasteiger partial charge in [-0.3, -0.25) is 9.69 Å². The standard InChI is InChI=1S/C15H23N3O/c1-18(14-3-2-9-17-10-8-14)11-12-4-6-13(7-5-12)15(16)19/h4-7,14,17H,2-3,8-11H2,1H3,(H2,16,19). The van der Waals surface area contributed by atoms with Gasteiger partial charge in [-0.2, -0.15) is 0 Å². The molecule has 0 aromatic heterocycles. The first-order chi connectivity index (χ1) is 9.16. The van der Waals surface area contributed by atoms with E-state index in [1.165, 1.54) is 24.8 Å². The molecule has 0 spiro atoms. The maximum absolute atomic E-state index is 11.0. The second-order valence-corrected chi connectivity index (χ2v) is 5.31. The SMILES string of the molecule is CN(Cc1ccc(C(N)=O)cc1)C1CCCNCC1. The van der Waals surface area contributed by atoms with Crippen LogP contribution in [0.2, 0.25) is 0 Å². The van der Waals surface area contributed by atoms with E-state index in [9.17, 15) is 4.79 Å². The molecule has 2 rings (SSSR count). The Hall–Kier alpha value is -1.39. The Morgan fingerprint density at radius 3 is 2.74 bits per heavy atom. The van der Waals surface area contributed by atoms with Gasteiger partial charge in [0.05, 0.1) is 0 Å². The van der Waals surface area contributed by atoms with Gasteiger partial charge >= 0.3 is 0 Å². The molecule has 4 nitrogen and oxygen atoms in total. The number of carbonyl (C=O) groups excluding carboxylic acids is 1. The lowest BCUT2D eigenvalue weighted by atomic mass is 10.1. The Bertz CT molecular complexity index is 408. The van der Waals surface area contributed by atoms with E-state index >= 15 is 0 Å². The third kappa shape index (κ3) is 4.04. The van der Waals surface area contributed by atoms with Crippen molar-refractivity contribution in [3.05, 3.63) is 35.4 Å². The van der Waals surface area contributed by atoms with Crippen LogP contribution in [-0.4, -0.2) is 37.0 Å². The molecule has 0 aliphatic carbocycles. The van der Waals surface area contributed by atoms with Crippen molar-refractivity contribution in [1.82, 2.24) is 10.2 Å². The van der Waals surface area contributed by atoms with Gasteiger partial charge in [-0.25, -0.2) is 0 Å². The van der Waals surface area contributed by atoms with Gasteiger partial charge in [-0.1, -0.05) is 12.1 Å². The van der Waals surface area contributed by atoms with E-state index in [4.69, 9.17) is 5.73 Å². The van der Waals surface area contributed by atoms with Crippen LogP contribution < -0.4 is 11.1 Å². The van der Waals surface area contributed by atoms with Crippen LogP contribution in [0.3, 0.4) is 0 Å². The summed E-state index contributed by atoms with van der Waals surface area (Å²) in [6.07, 6.45) is 3.70. The summed E-state index contributed by atoms with van der Waals surface area (Å²) in [6.45, 7) is 3.16. The van der Waals surface area contributed by atoms with Crippen LogP contribution in [0.5, 0.6) is 0 Å². The van der Waals surface area contributed by atoms with Crippen molar-refractivity contribution >= 4 is 5.91 Å². The molecule has 3 N–H and O–H groups in total. The van der Waals surface area contributed by atoms with Gasteiger partial charge < -0.3 is 11.1 Å². The van der Waals surface area contributed by atoms with Crippen molar-refractivity contribution in [3.8, 4) is 0 Å². The van der Waals surface area contributed by atoms with Crippen molar-refractivity contribution in [3.63, 3.8) is 0 Å². The molecule has 0 bridgehead atoms. The summed E-state index contributed by atoms with van der Waals surface area (Å²) in [6, 6.07) is 8.24. The van der Waals surface area contributed by atoms with E-state index in [0.29, 0.717) is 11.6 Å². The molecule has 1 aliphatic rings. The van der Waals surface area contributed by atoms with Crippen molar-refractivity contribution in [2.45, 2.75) is 31.8 Å². The van der Waals surface area contributed by atoms with Gasteiger partial charge in [0.1, 0.15) is 0 Å². The maximum atomic E-state index is 11.0. The number of hydrogen-bond acceptors (Lipinski definition) is 3. The number of amides is 1. The molecule has 104 valence electrons. The van der Waals surface area contributed by atoms with Crippen LogP contribution >= 0.6 is 0 Å². The van der Waals surface area contributed by atoms with Crippen LogP contribution in [0.4, 0.5) is 0 Å². The number of nitrogens with zero attached hydrogens (tertiary/aromatic N) is 1. The lowest BCUT2D eigenvalue weighted by molar-refractivity contribution is 0.100. The number of rotatable bonds is 4. The first-order valence-corrected chi connectivity index (χ1v) is 6.96. The molecule has 4 heteroatoms. The van der Waals surface area contributed by atoms with Crippen molar-refractivity contribution < 1.29 is 4.79 Å². The Kier molecular flexibility index (Phi) is 4.93. The average Bonchev–Trinajstić information content (AvgIpc) is 2.68. The zero-order valence-electron chi connectivity index (χ0n) is 11.6. The molecule has 1 aromatic rings. The fourth-order valence-corrected chi connectivity index (χ4v) is 2.63. The molecule has 1 saturated heterocycles. The van der Waals surface area contributed by atoms with Crippen molar-refractivity contribution in [2.24, 2.45) is 5.73 Å². The Balaban J connectivity index is 1.93. The van der Waals surface area contributed by atoms with E-state index < -0.39 is 0 Å². The second kappa shape index (κ2) is 6.68. The molecule has 0 radical (unpaired) electrons. The van der Waals surface area contributed by atoms with Gasteiger partial charge in [0.25, 0.3) is 0 Å². The van der Waals surface area contributed by atoms with Gasteiger partial charge in [0, 0.05) is 18.2 Å². The number of carbonyl (C=O) groups is 1. The first-order valence-electron chi connectivity index (χ1n) is 6.96. The van der Waals surface area contributed by atoms with Crippen molar-refractivity contribution in [1.29, 1.82) is 0 Å². The summed E-state index contributed by atoms with van der Waals surface area (Å²) in [5, 5.41) is 3.44. The highest BCUT2D eigenvalue weighted by atomic mass is 16.1. The Morgan fingerprint density at radius 2 is 2.05 bits per heavy atom. The zero-order valence-corrected chi connectivity index (χ0v) is 11.6.